The number of aromatic nitrogens is 1. The molecule has 1 aromatic heterocycles. The quantitative estimate of drug-likeness (QED) is 0.695. The normalized spacial score (nSPS) is 11.1. The van der Waals surface area contributed by atoms with E-state index in [9.17, 15) is 9.90 Å². The van der Waals surface area contributed by atoms with E-state index < -0.39 is 0 Å². The van der Waals surface area contributed by atoms with Crippen molar-refractivity contribution >= 4 is 35.1 Å². The molecular formula is C18H22N2O2S2. The Hall–Kier alpha value is -1.63. The molecule has 24 heavy (non-hydrogen) atoms. The largest absolute Gasteiger partial charge is 0.395 e. The molecule has 2 rings (SSSR count). The Kier molecular flexibility index (Phi) is 8.01. The number of amides is 1. The highest BCUT2D eigenvalue weighted by molar-refractivity contribution is 8.00. The van der Waals surface area contributed by atoms with Crippen molar-refractivity contribution in [3.8, 4) is 0 Å². The van der Waals surface area contributed by atoms with E-state index in [-0.39, 0.29) is 18.9 Å². The minimum absolute atomic E-state index is 0.0138. The topological polar surface area (TPSA) is 53.4 Å². The van der Waals surface area contributed by atoms with Crippen molar-refractivity contribution in [2.75, 3.05) is 25.4 Å². The second kappa shape index (κ2) is 10.3. The van der Waals surface area contributed by atoms with Crippen LogP contribution in [0.3, 0.4) is 0 Å². The summed E-state index contributed by atoms with van der Waals surface area (Å²) in [5.74, 6) is 0.960. The lowest BCUT2D eigenvalue weighted by atomic mass is 10.2. The SMILES string of the molecule is CCSc1nc(CC(=O)N(CC=Cc2ccccc2)CCO)cs1. The van der Waals surface area contributed by atoms with Crippen molar-refractivity contribution in [1.82, 2.24) is 9.88 Å². The molecule has 0 bridgehead atoms. The van der Waals surface area contributed by atoms with E-state index >= 15 is 0 Å². The molecule has 128 valence electrons. The number of nitrogens with zero attached hydrogens (tertiary/aromatic N) is 2. The Morgan fingerprint density at radius 3 is 2.88 bits per heavy atom. The van der Waals surface area contributed by atoms with Crippen LogP contribution in [-0.2, 0) is 11.2 Å². The van der Waals surface area contributed by atoms with Crippen LogP contribution in [0, 0.1) is 0 Å². The number of aliphatic hydroxyl groups is 1. The third kappa shape index (κ3) is 6.11. The molecule has 0 unspecified atom stereocenters. The van der Waals surface area contributed by atoms with E-state index in [1.54, 1.807) is 28.0 Å². The van der Waals surface area contributed by atoms with Gasteiger partial charge in [0, 0.05) is 18.5 Å². The molecule has 1 aromatic carbocycles. The number of rotatable bonds is 9. The lowest BCUT2D eigenvalue weighted by Crippen LogP contribution is -2.34. The average molecular weight is 363 g/mol. The van der Waals surface area contributed by atoms with Gasteiger partial charge in [0.25, 0.3) is 0 Å². The molecule has 0 aliphatic rings. The molecule has 0 atom stereocenters. The van der Waals surface area contributed by atoms with E-state index in [0.29, 0.717) is 13.1 Å². The third-order valence-electron chi connectivity index (χ3n) is 3.29. The van der Waals surface area contributed by atoms with E-state index in [1.807, 2.05) is 47.9 Å². The zero-order valence-corrected chi connectivity index (χ0v) is 15.4. The first-order chi connectivity index (χ1) is 11.7. The number of carbonyl (C=O) groups excluding carboxylic acids is 1. The van der Waals surface area contributed by atoms with Crippen LogP contribution in [0.15, 0.2) is 46.1 Å². The summed E-state index contributed by atoms with van der Waals surface area (Å²) >= 11 is 3.26. The number of hydrogen-bond acceptors (Lipinski definition) is 5. The Morgan fingerprint density at radius 2 is 2.17 bits per heavy atom. The number of thiazole rings is 1. The van der Waals surface area contributed by atoms with Gasteiger partial charge < -0.3 is 10.0 Å². The van der Waals surface area contributed by atoms with Crippen molar-refractivity contribution in [2.45, 2.75) is 17.7 Å². The van der Waals surface area contributed by atoms with Crippen LogP contribution in [-0.4, -0.2) is 46.3 Å². The molecule has 0 aliphatic carbocycles. The van der Waals surface area contributed by atoms with Gasteiger partial charge in [-0.15, -0.1) is 11.3 Å². The van der Waals surface area contributed by atoms with Crippen molar-refractivity contribution in [2.24, 2.45) is 0 Å². The van der Waals surface area contributed by atoms with Crippen LogP contribution < -0.4 is 0 Å². The van der Waals surface area contributed by atoms with Gasteiger partial charge >= 0.3 is 0 Å². The van der Waals surface area contributed by atoms with Crippen LogP contribution in [0.4, 0.5) is 0 Å². The minimum atomic E-state index is -0.0427. The lowest BCUT2D eigenvalue weighted by molar-refractivity contribution is -0.130. The standard InChI is InChI=1S/C18H22N2O2S2/c1-2-23-18-19-16(14-24-18)13-17(22)20(11-12-21)10-6-9-15-7-4-3-5-8-15/h3-9,14,21H,2,10-13H2,1H3. The van der Waals surface area contributed by atoms with Crippen LogP contribution in [0.2, 0.25) is 0 Å². The zero-order chi connectivity index (χ0) is 17.2. The Labute approximate surface area is 151 Å². The second-order valence-corrected chi connectivity index (χ2v) is 7.46. The van der Waals surface area contributed by atoms with Crippen molar-refractivity contribution in [3.05, 3.63) is 53.0 Å². The van der Waals surface area contributed by atoms with Crippen LogP contribution in [0.25, 0.3) is 6.08 Å². The zero-order valence-electron chi connectivity index (χ0n) is 13.7. The van der Waals surface area contributed by atoms with Gasteiger partial charge in [-0.05, 0) is 11.3 Å². The number of hydrogen-bond donors (Lipinski definition) is 1. The van der Waals surface area contributed by atoms with Gasteiger partial charge in [0.2, 0.25) is 5.91 Å². The fourth-order valence-electron chi connectivity index (χ4n) is 2.14. The van der Waals surface area contributed by atoms with Gasteiger partial charge in [0.1, 0.15) is 4.34 Å². The molecule has 4 nitrogen and oxygen atoms in total. The van der Waals surface area contributed by atoms with Crippen molar-refractivity contribution in [1.29, 1.82) is 0 Å². The van der Waals surface area contributed by atoms with Gasteiger partial charge in [-0.2, -0.15) is 0 Å². The molecule has 0 spiro atoms. The van der Waals surface area contributed by atoms with Crippen molar-refractivity contribution < 1.29 is 9.90 Å². The highest BCUT2D eigenvalue weighted by Crippen LogP contribution is 2.22. The minimum Gasteiger partial charge on any atom is -0.395 e. The molecule has 0 saturated carbocycles. The van der Waals surface area contributed by atoms with Crippen LogP contribution in [0.1, 0.15) is 18.2 Å². The van der Waals surface area contributed by atoms with Crippen molar-refractivity contribution in [3.63, 3.8) is 0 Å². The third-order valence-corrected chi connectivity index (χ3v) is 5.24. The van der Waals surface area contributed by atoms with E-state index in [1.165, 1.54) is 0 Å². The second-order valence-electron chi connectivity index (χ2n) is 5.09. The maximum Gasteiger partial charge on any atom is 0.228 e. The van der Waals surface area contributed by atoms with Gasteiger partial charge in [0.15, 0.2) is 0 Å². The predicted molar refractivity (Wildman–Crippen MR) is 101 cm³/mol. The average Bonchev–Trinajstić information content (AvgIpc) is 3.02. The molecule has 0 radical (unpaired) electrons. The summed E-state index contributed by atoms with van der Waals surface area (Å²) in [7, 11) is 0. The summed E-state index contributed by atoms with van der Waals surface area (Å²) in [6.07, 6.45) is 4.21. The number of benzene rings is 1. The summed E-state index contributed by atoms with van der Waals surface area (Å²) in [5.41, 5.74) is 1.89. The number of aliphatic hydroxyl groups excluding tert-OH is 1. The molecule has 1 amide bonds. The monoisotopic (exact) mass is 362 g/mol. The first-order valence-electron chi connectivity index (χ1n) is 7.90. The van der Waals surface area contributed by atoms with Gasteiger partial charge in [-0.25, -0.2) is 4.98 Å². The summed E-state index contributed by atoms with van der Waals surface area (Å²) in [6, 6.07) is 9.95. The molecule has 1 heterocycles. The number of thioether (sulfide) groups is 1. The van der Waals surface area contributed by atoms with Gasteiger partial charge in [-0.1, -0.05) is 61.2 Å². The number of carbonyl (C=O) groups is 1. The lowest BCUT2D eigenvalue weighted by Gasteiger charge is -2.19. The molecular weight excluding hydrogens is 340 g/mol. The molecule has 0 fully saturated rings. The van der Waals surface area contributed by atoms with Gasteiger partial charge in [-0.3, -0.25) is 4.79 Å². The fourth-order valence-corrected chi connectivity index (χ4v) is 3.89. The van der Waals surface area contributed by atoms with E-state index in [4.69, 9.17) is 0 Å². The fraction of sp³-hybridized carbons (Fsp3) is 0.333. The smallest absolute Gasteiger partial charge is 0.228 e. The van der Waals surface area contributed by atoms with E-state index in [2.05, 4.69) is 11.9 Å². The first kappa shape index (κ1) is 18.7. The highest BCUT2D eigenvalue weighted by atomic mass is 32.2. The molecule has 0 saturated heterocycles. The summed E-state index contributed by atoms with van der Waals surface area (Å²) < 4.78 is 0.998. The van der Waals surface area contributed by atoms with E-state index in [0.717, 1.165) is 21.3 Å². The maximum atomic E-state index is 12.5. The predicted octanol–water partition coefficient (Wildman–Crippen LogP) is 3.33. The Morgan fingerprint density at radius 1 is 1.38 bits per heavy atom. The summed E-state index contributed by atoms with van der Waals surface area (Å²) in [6.45, 7) is 2.85. The van der Waals surface area contributed by atoms with Crippen LogP contribution in [0.5, 0.6) is 0 Å². The molecule has 6 heteroatoms. The van der Waals surface area contributed by atoms with Crippen LogP contribution >= 0.6 is 23.1 Å². The molecule has 0 aliphatic heterocycles. The Bertz CT molecular complexity index is 656. The first-order valence-corrected chi connectivity index (χ1v) is 9.77. The maximum absolute atomic E-state index is 12.5. The van der Waals surface area contributed by atoms with Gasteiger partial charge in [0.05, 0.1) is 18.7 Å². The highest BCUT2D eigenvalue weighted by Gasteiger charge is 2.14. The Balaban J connectivity index is 1.92. The molecule has 1 N–H and O–H groups in total. The summed E-state index contributed by atoms with van der Waals surface area (Å²) in [5, 5.41) is 11.1. The molecule has 2 aromatic rings. The summed E-state index contributed by atoms with van der Waals surface area (Å²) in [4.78, 5) is 18.6.